The van der Waals surface area contributed by atoms with E-state index in [0.717, 1.165) is 12.1 Å². The van der Waals surface area contributed by atoms with Crippen LogP contribution in [0, 0.1) is 5.82 Å². The summed E-state index contributed by atoms with van der Waals surface area (Å²) in [4.78, 5) is 30.8. The predicted octanol–water partition coefficient (Wildman–Crippen LogP) is 5.95. The Balaban J connectivity index is 1.56. The van der Waals surface area contributed by atoms with E-state index in [1.165, 1.54) is 40.6 Å². The lowest BCUT2D eigenvalue weighted by molar-refractivity contribution is -0.151. The molecule has 210 valence electrons. The lowest BCUT2D eigenvalue weighted by Crippen LogP contribution is -2.26. The molecule has 41 heavy (non-hydrogen) atoms. The number of carbonyl (C=O) groups is 1. The SMILES string of the molecule is CCCOC(=O)C(C)Oc1ccc(Oc2nc3c(c(SC)nn3-c3ccccc3)c(=O)n2-c2ccc(F)cc2)cc1. The number of esters is 1. The number of para-hydroxylation sites is 1. The molecule has 0 bridgehead atoms. The molecule has 0 saturated carbocycles. The van der Waals surface area contributed by atoms with Crippen LogP contribution in [0.25, 0.3) is 22.4 Å². The van der Waals surface area contributed by atoms with Crippen LogP contribution in [0.4, 0.5) is 4.39 Å². The van der Waals surface area contributed by atoms with Gasteiger partial charge in [-0.25, -0.2) is 18.4 Å². The van der Waals surface area contributed by atoms with E-state index in [9.17, 15) is 14.0 Å². The molecule has 5 aromatic rings. The molecule has 0 fully saturated rings. The smallest absolute Gasteiger partial charge is 0.347 e. The summed E-state index contributed by atoms with van der Waals surface area (Å²) in [5, 5.41) is 5.45. The highest BCUT2D eigenvalue weighted by atomic mass is 32.2. The van der Waals surface area contributed by atoms with E-state index in [0.29, 0.717) is 39.9 Å². The molecule has 0 radical (unpaired) electrons. The van der Waals surface area contributed by atoms with Crippen molar-refractivity contribution in [1.29, 1.82) is 0 Å². The van der Waals surface area contributed by atoms with E-state index in [-0.39, 0.29) is 6.01 Å². The maximum atomic E-state index is 14.0. The molecule has 0 amide bonds. The van der Waals surface area contributed by atoms with Gasteiger partial charge in [-0.2, -0.15) is 10.1 Å². The highest BCUT2D eigenvalue weighted by Gasteiger charge is 2.23. The third-order valence-electron chi connectivity index (χ3n) is 6.04. The molecule has 1 atom stereocenters. The fourth-order valence-electron chi connectivity index (χ4n) is 4.06. The van der Waals surface area contributed by atoms with E-state index < -0.39 is 23.4 Å². The van der Waals surface area contributed by atoms with Gasteiger partial charge < -0.3 is 14.2 Å². The predicted molar refractivity (Wildman–Crippen MR) is 154 cm³/mol. The van der Waals surface area contributed by atoms with Gasteiger partial charge in [0.05, 0.1) is 18.0 Å². The molecular formula is C30H27FN4O5S. The van der Waals surface area contributed by atoms with Gasteiger partial charge in [-0.3, -0.25) is 4.79 Å². The second-order valence-electron chi connectivity index (χ2n) is 8.97. The van der Waals surface area contributed by atoms with E-state index in [2.05, 4.69) is 5.10 Å². The molecule has 9 nitrogen and oxygen atoms in total. The van der Waals surface area contributed by atoms with Crippen LogP contribution in [0.1, 0.15) is 20.3 Å². The Morgan fingerprint density at radius 3 is 2.32 bits per heavy atom. The third-order valence-corrected chi connectivity index (χ3v) is 6.72. The van der Waals surface area contributed by atoms with Gasteiger partial charge in [-0.1, -0.05) is 25.1 Å². The first-order valence-corrected chi connectivity index (χ1v) is 14.1. The van der Waals surface area contributed by atoms with Crippen LogP contribution in [-0.4, -0.2) is 44.3 Å². The molecular weight excluding hydrogens is 547 g/mol. The molecule has 5 rings (SSSR count). The van der Waals surface area contributed by atoms with Crippen molar-refractivity contribution >= 4 is 28.8 Å². The average molecular weight is 575 g/mol. The summed E-state index contributed by atoms with van der Waals surface area (Å²) < 4.78 is 33.6. The fourth-order valence-corrected chi connectivity index (χ4v) is 4.61. The van der Waals surface area contributed by atoms with Crippen LogP contribution in [-0.2, 0) is 9.53 Å². The second kappa shape index (κ2) is 12.3. The van der Waals surface area contributed by atoms with Crippen LogP contribution < -0.4 is 15.0 Å². The van der Waals surface area contributed by atoms with Crippen LogP contribution in [0.5, 0.6) is 17.5 Å². The van der Waals surface area contributed by atoms with E-state index >= 15 is 0 Å². The highest BCUT2D eigenvalue weighted by molar-refractivity contribution is 7.98. The molecule has 0 spiro atoms. The number of aromatic nitrogens is 4. The van der Waals surface area contributed by atoms with Gasteiger partial charge in [-0.15, -0.1) is 11.8 Å². The Kier molecular flexibility index (Phi) is 8.34. The fraction of sp³-hybridized carbons (Fsp3) is 0.200. The van der Waals surface area contributed by atoms with Crippen molar-refractivity contribution in [3.05, 3.63) is 95.0 Å². The van der Waals surface area contributed by atoms with Crippen LogP contribution >= 0.6 is 11.8 Å². The lowest BCUT2D eigenvalue weighted by atomic mass is 10.3. The highest BCUT2D eigenvalue weighted by Crippen LogP contribution is 2.30. The van der Waals surface area contributed by atoms with E-state index in [1.807, 2.05) is 43.5 Å². The zero-order valence-corrected chi connectivity index (χ0v) is 23.4. The van der Waals surface area contributed by atoms with Gasteiger partial charge >= 0.3 is 12.0 Å². The van der Waals surface area contributed by atoms with Crippen molar-refractivity contribution in [3.8, 4) is 28.9 Å². The summed E-state index contributed by atoms with van der Waals surface area (Å²) in [5.74, 6) is -0.100. The molecule has 0 aliphatic rings. The first kappa shape index (κ1) is 27.9. The van der Waals surface area contributed by atoms with Gasteiger partial charge in [0.1, 0.15) is 27.7 Å². The van der Waals surface area contributed by atoms with Gasteiger partial charge in [0.2, 0.25) is 0 Å². The summed E-state index contributed by atoms with van der Waals surface area (Å²) >= 11 is 1.32. The Morgan fingerprint density at radius 1 is 0.976 bits per heavy atom. The first-order chi connectivity index (χ1) is 19.9. The van der Waals surface area contributed by atoms with Crippen molar-refractivity contribution in [2.24, 2.45) is 0 Å². The maximum absolute atomic E-state index is 14.0. The molecule has 11 heteroatoms. The topological polar surface area (TPSA) is 97.5 Å². The number of benzene rings is 3. The Labute approximate surface area is 239 Å². The minimum absolute atomic E-state index is 0.0379. The van der Waals surface area contributed by atoms with Crippen molar-refractivity contribution in [2.45, 2.75) is 31.4 Å². The summed E-state index contributed by atoms with van der Waals surface area (Å²) in [7, 11) is 0. The number of hydrogen-bond donors (Lipinski definition) is 0. The zero-order chi connectivity index (χ0) is 28.9. The molecule has 0 saturated heterocycles. The molecule has 0 aliphatic carbocycles. The second-order valence-corrected chi connectivity index (χ2v) is 9.76. The summed E-state index contributed by atoms with van der Waals surface area (Å²) in [6.07, 6.45) is 1.76. The number of hydrogen-bond acceptors (Lipinski definition) is 8. The van der Waals surface area contributed by atoms with Crippen LogP contribution in [0.15, 0.2) is 88.7 Å². The quantitative estimate of drug-likeness (QED) is 0.149. The summed E-state index contributed by atoms with van der Waals surface area (Å²) in [6.45, 7) is 3.85. The third kappa shape index (κ3) is 5.94. The minimum Gasteiger partial charge on any atom is -0.479 e. The Bertz CT molecular complexity index is 1720. The zero-order valence-electron chi connectivity index (χ0n) is 22.6. The van der Waals surface area contributed by atoms with Crippen molar-refractivity contribution in [3.63, 3.8) is 0 Å². The molecule has 3 aromatic carbocycles. The molecule has 1 unspecified atom stereocenters. The molecule has 2 aromatic heterocycles. The maximum Gasteiger partial charge on any atom is 0.347 e. The Hall–Kier alpha value is -4.64. The molecule has 2 heterocycles. The van der Waals surface area contributed by atoms with Gasteiger partial charge in [0, 0.05) is 0 Å². The monoisotopic (exact) mass is 574 g/mol. The standard InChI is InChI=1S/C30H27FN4O5S/c1-4-18-38-29(37)19(2)39-23-14-16-24(17-15-23)40-30-32-26-25(28(36)34(30)21-12-10-20(31)11-13-21)27(41-3)33-35(26)22-8-6-5-7-9-22/h5-17,19H,4,18H2,1-3H3. The van der Waals surface area contributed by atoms with E-state index in [1.54, 1.807) is 35.9 Å². The lowest BCUT2D eigenvalue weighted by Gasteiger charge is -2.15. The van der Waals surface area contributed by atoms with Crippen LogP contribution in [0.3, 0.4) is 0 Å². The summed E-state index contributed by atoms with van der Waals surface area (Å²) in [5.41, 5.74) is 1.00. The molecule has 0 N–H and O–H groups in total. The Morgan fingerprint density at radius 2 is 1.66 bits per heavy atom. The number of halogens is 1. The van der Waals surface area contributed by atoms with E-state index in [4.69, 9.17) is 19.2 Å². The number of nitrogens with zero attached hydrogens (tertiary/aromatic N) is 4. The largest absolute Gasteiger partial charge is 0.479 e. The van der Waals surface area contributed by atoms with Crippen LogP contribution in [0.2, 0.25) is 0 Å². The van der Waals surface area contributed by atoms with Crippen molar-refractivity contribution < 1.29 is 23.4 Å². The van der Waals surface area contributed by atoms with Gasteiger partial charge in [-0.05, 0) is 80.3 Å². The number of carbonyl (C=O) groups excluding carboxylic acids is 1. The minimum atomic E-state index is -0.787. The first-order valence-electron chi connectivity index (χ1n) is 12.9. The van der Waals surface area contributed by atoms with Crippen molar-refractivity contribution in [2.75, 3.05) is 12.9 Å². The van der Waals surface area contributed by atoms with Crippen molar-refractivity contribution in [1.82, 2.24) is 19.3 Å². The molecule has 0 aliphatic heterocycles. The number of rotatable bonds is 10. The normalized spacial score (nSPS) is 11.8. The summed E-state index contributed by atoms with van der Waals surface area (Å²) in [6, 6.07) is 21.3. The number of ether oxygens (including phenoxy) is 3. The number of fused-ring (bicyclic) bond motifs is 1. The average Bonchev–Trinajstić information content (AvgIpc) is 3.37. The number of thioether (sulfide) groups is 1. The van der Waals surface area contributed by atoms with Gasteiger partial charge in [0.25, 0.3) is 5.56 Å². The van der Waals surface area contributed by atoms with Gasteiger partial charge in [0.15, 0.2) is 11.8 Å².